The monoisotopic (exact) mass is 299 g/mol. The molecule has 2 heterocycles. The van der Waals surface area contributed by atoms with E-state index in [9.17, 15) is 0 Å². The molecule has 2 fully saturated rings. The molecule has 1 saturated carbocycles. The molecule has 5 nitrogen and oxygen atoms in total. The highest BCUT2D eigenvalue weighted by Gasteiger charge is 2.45. The Bertz CT molecular complexity index is 651. The predicted molar refractivity (Wildman–Crippen MR) is 84.0 cm³/mol. The first-order valence-corrected chi connectivity index (χ1v) is 7.98. The van der Waals surface area contributed by atoms with Crippen LogP contribution in [-0.2, 0) is 4.74 Å². The van der Waals surface area contributed by atoms with Gasteiger partial charge in [0.15, 0.2) is 0 Å². The summed E-state index contributed by atoms with van der Waals surface area (Å²) in [6, 6.07) is 8.48. The van der Waals surface area contributed by atoms with Crippen LogP contribution >= 0.6 is 0 Å². The van der Waals surface area contributed by atoms with Gasteiger partial charge < -0.3 is 9.47 Å². The maximum absolute atomic E-state index is 5.90. The Balaban J connectivity index is 1.38. The number of morpholine rings is 1. The summed E-state index contributed by atoms with van der Waals surface area (Å²) in [5.74, 6) is 0. The van der Waals surface area contributed by atoms with E-state index in [1.807, 2.05) is 30.5 Å². The standard InChI is InChI=1S/C17H21N3O2/c1-2-4-15-14(3-1)11-18-16(19-15)22-13-17(5-6-17)12-20-7-9-21-10-8-20/h1-4,11H,5-10,12-13H2. The lowest BCUT2D eigenvalue weighted by Crippen LogP contribution is -2.41. The summed E-state index contributed by atoms with van der Waals surface area (Å²) in [5.41, 5.74) is 1.23. The summed E-state index contributed by atoms with van der Waals surface area (Å²) >= 11 is 0. The minimum atomic E-state index is 0.298. The molecular formula is C17H21N3O2. The molecule has 2 aromatic rings. The van der Waals surface area contributed by atoms with Gasteiger partial charge in [-0.25, -0.2) is 4.98 Å². The molecule has 4 rings (SSSR count). The fourth-order valence-electron chi connectivity index (χ4n) is 3.00. The van der Waals surface area contributed by atoms with E-state index < -0.39 is 0 Å². The lowest BCUT2D eigenvalue weighted by atomic mass is 10.1. The van der Waals surface area contributed by atoms with Crippen LogP contribution in [0.4, 0.5) is 0 Å². The van der Waals surface area contributed by atoms with Crippen molar-refractivity contribution in [2.75, 3.05) is 39.5 Å². The second-order valence-electron chi connectivity index (χ2n) is 6.39. The first-order valence-electron chi connectivity index (χ1n) is 7.98. The average molecular weight is 299 g/mol. The van der Waals surface area contributed by atoms with Crippen LogP contribution < -0.4 is 4.74 Å². The lowest BCUT2D eigenvalue weighted by molar-refractivity contribution is 0.0231. The minimum absolute atomic E-state index is 0.298. The first-order chi connectivity index (χ1) is 10.8. The Hall–Kier alpha value is -1.72. The number of rotatable bonds is 5. The molecule has 0 atom stereocenters. The number of aromatic nitrogens is 2. The van der Waals surface area contributed by atoms with Crippen molar-refractivity contribution in [1.82, 2.24) is 14.9 Å². The fraction of sp³-hybridized carbons (Fsp3) is 0.529. The van der Waals surface area contributed by atoms with Crippen LogP contribution in [-0.4, -0.2) is 54.3 Å². The largest absolute Gasteiger partial charge is 0.463 e. The van der Waals surface area contributed by atoms with E-state index in [0.29, 0.717) is 18.0 Å². The van der Waals surface area contributed by atoms with E-state index in [2.05, 4.69) is 14.9 Å². The van der Waals surface area contributed by atoms with Crippen molar-refractivity contribution in [2.24, 2.45) is 5.41 Å². The smallest absolute Gasteiger partial charge is 0.316 e. The van der Waals surface area contributed by atoms with Gasteiger partial charge in [-0.3, -0.25) is 4.90 Å². The van der Waals surface area contributed by atoms with E-state index in [-0.39, 0.29) is 0 Å². The molecule has 0 spiro atoms. The number of nitrogens with zero attached hydrogens (tertiary/aromatic N) is 3. The second-order valence-corrected chi connectivity index (χ2v) is 6.39. The average Bonchev–Trinajstić information content (AvgIpc) is 3.34. The normalized spacial score (nSPS) is 20.9. The Morgan fingerprint density at radius 2 is 2.00 bits per heavy atom. The molecule has 116 valence electrons. The maximum atomic E-state index is 5.90. The van der Waals surface area contributed by atoms with Crippen LogP contribution in [0, 0.1) is 5.41 Å². The van der Waals surface area contributed by atoms with Crippen molar-refractivity contribution < 1.29 is 9.47 Å². The third-order valence-corrected chi connectivity index (χ3v) is 4.59. The van der Waals surface area contributed by atoms with Crippen LogP contribution in [0.2, 0.25) is 0 Å². The van der Waals surface area contributed by atoms with Gasteiger partial charge in [0.05, 0.1) is 25.3 Å². The summed E-state index contributed by atoms with van der Waals surface area (Å²) in [6.45, 7) is 5.59. The van der Waals surface area contributed by atoms with Crippen LogP contribution in [0.25, 0.3) is 10.9 Å². The van der Waals surface area contributed by atoms with Crippen LogP contribution in [0.5, 0.6) is 6.01 Å². The summed E-state index contributed by atoms with van der Waals surface area (Å²) in [5, 5.41) is 1.05. The van der Waals surface area contributed by atoms with Crippen molar-refractivity contribution in [2.45, 2.75) is 12.8 Å². The third-order valence-electron chi connectivity index (χ3n) is 4.59. The van der Waals surface area contributed by atoms with Gasteiger partial charge in [0.25, 0.3) is 0 Å². The van der Waals surface area contributed by atoms with Gasteiger partial charge in [-0.1, -0.05) is 18.2 Å². The molecule has 1 aromatic heterocycles. The zero-order valence-electron chi connectivity index (χ0n) is 12.7. The zero-order chi connectivity index (χ0) is 14.8. The second kappa shape index (κ2) is 5.82. The van der Waals surface area contributed by atoms with Crippen molar-refractivity contribution in [3.05, 3.63) is 30.5 Å². The number of hydrogen-bond acceptors (Lipinski definition) is 5. The van der Waals surface area contributed by atoms with Gasteiger partial charge in [-0.2, -0.15) is 4.98 Å². The van der Waals surface area contributed by atoms with Crippen LogP contribution in [0.15, 0.2) is 30.5 Å². The van der Waals surface area contributed by atoms with Crippen molar-refractivity contribution >= 4 is 10.9 Å². The molecule has 5 heteroatoms. The van der Waals surface area contributed by atoms with Gasteiger partial charge in [-0.15, -0.1) is 0 Å². The quantitative estimate of drug-likeness (QED) is 0.846. The maximum Gasteiger partial charge on any atom is 0.316 e. The highest BCUT2D eigenvalue weighted by molar-refractivity contribution is 5.77. The molecule has 1 aromatic carbocycles. The number of fused-ring (bicyclic) bond motifs is 1. The van der Waals surface area contributed by atoms with E-state index >= 15 is 0 Å². The first kappa shape index (κ1) is 13.9. The molecule has 1 saturated heterocycles. The van der Waals surface area contributed by atoms with E-state index in [0.717, 1.165) is 43.8 Å². The highest BCUT2D eigenvalue weighted by atomic mass is 16.5. The summed E-state index contributed by atoms with van der Waals surface area (Å²) in [6.07, 6.45) is 4.30. The van der Waals surface area contributed by atoms with Gasteiger partial charge in [0.1, 0.15) is 0 Å². The number of ether oxygens (including phenoxy) is 2. The predicted octanol–water partition coefficient (Wildman–Crippen LogP) is 2.12. The number of hydrogen-bond donors (Lipinski definition) is 0. The van der Waals surface area contributed by atoms with Gasteiger partial charge in [-0.05, 0) is 18.9 Å². The number of para-hydroxylation sites is 1. The highest BCUT2D eigenvalue weighted by Crippen LogP contribution is 2.46. The lowest BCUT2D eigenvalue weighted by Gasteiger charge is -2.30. The molecule has 2 aliphatic rings. The summed E-state index contributed by atoms with van der Waals surface area (Å²) < 4.78 is 11.3. The van der Waals surface area contributed by atoms with Crippen LogP contribution in [0.1, 0.15) is 12.8 Å². The molecule has 0 radical (unpaired) electrons. The van der Waals surface area contributed by atoms with E-state index in [1.54, 1.807) is 0 Å². The SMILES string of the molecule is c1ccc2nc(OCC3(CN4CCOCC4)CC3)ncc2c1. The van der Waals surface area contributed by atoms with Gasteiger partial charge in [0.2, 0.25) is 0 Å². The summed E-state index contributed by atoms with van der Waals surface area (Å²) in [4.78, 5) is 11.3. The molecule has 0 amide bonds. The Labute approximate surface area is 130 Å². The third kappa shape index (κ3) is 3.05. The van der Waals surface area contributed by atoms with Crippen LogP contribution in [0.3, 0.4) is 0 Å². The van der Waals surface area contributed by atoms with Crippen molar-refractivity contribution in [3.8, 4) is 6.01 Å². The molecule has 0 N–H and O–H groups in total. The molecule has 0 bridgehead atoms. The van der Waals surface area contributed by atoms with Crippen molar-refractivity contribution in [3.63, 3.8) is 0 Å². The Kier molecular flexibility index (Phi) is 3.68. The topological polar surface area (TPSA) is 47.5 Å². The molecule has 1 aliphatic heterocycles. The Morgan fingerprint density at radius 1 is 1.18 bits per heavy atom. The molecular weight excluding hydrogens is 278 g/mol. The Morgan fingerprint density at radius 3 is 2.82 bits per heavy atom. The summed E-state index contributed by atoms with van der Waals surface area (Å²) in [7, 11) is 0. The fourth-order valence-corrected chi connectivity index (χ4v) is 3.00. The number of benzene rings is 1. The molecule has 1 aliphatic carbocycles. The van der Waals surface area contributed by atoms with E-state index in [1.165, 1.54) is 12.8 Å². The minimum Gasteiger partial charge on any atom is -0.463 e. The van der Waals surface area contributed by atoms with Gasteiger partial charge >= 0.3 is 6.01 Å². The molecule has 0 unspecified atom stereocenters. The zero-order valence-corrected chi connectivity index (χ0v) is 12.7. The molecule has 22 heavy (non-hydrogen) atoms. The van der Waals surface area contributed by atoms with E-state index in [4.69, 9.17) is 9.47 Å². The van der Waals surface area contributed by atoms with Crippen molar-refractivity contribution in [1.29, 1.82) is 0 Å². The van der Waals surface area contributed by atoms with Gasteiger partial charge in [0, 0.05) is 36.6 Å².